The van der Waals surface area contributed by atoms with Crippen molar-refractivity contribution in [3.05, 3.63) is 29.8 Å². The van der Waals surface area contributed by atoms with Gasteiger partial charge in [-0.3, -0.25) is 9.59 Å². The topological polar surface area (TPSA) is 46.6 Å². The van der Waals surface area contributed by atoms with Crippen LogP contribution >= 0.6 is 0 Å². The Morgan fingerprint density at radius 3 is 2.71 bits per heavy atom. The molecule has 0 N–H and O–H groups in total. The van der Waals surface area contributed by atoms with E-state index >= 15 is 0 Å². The first-order valence-corrected chi connectivity index (χ1v) is 7.64. The summed E-state index contributed by atoms with van der Waals surface area (Å²) in [6.07, 6.45) is 3.54. The van der Waals surface area contributed by atoms with Crippen molar-refractivity contribution in [2.75, 3.05) is 13.7 Å². The van der Waals surface area contributed by atoms with Gasteiger partial charge in [-0.1, -0.05) is 18.2 Å². The molecule has 4 nitrogen and oxygen atoms in total. The van der Waals surface area contributed by atoms with Gasteiger partial charge in [-0.25, -0.2) is 0 Å². The van der Waals surface area contributed by atoms with Crippen molar-refractivity contribution in [2.24, 2.45) is 5.92 Å². The van der Waals surface area contributed by atoms with Crippen LogP contribution in [0.5, 0.6) is 5.75 Å². The summed E-state index contributed by atoms with van der Waals surface area (Å²) in [6, 6.07) is 8.10. The molecule has 1 aromatic carbocycles. The molecule has 4 heteroatoms. The maximum atomic E-state index is 12.6. The van der Waals surface area contributed by atoms with E-state index in [1.54, 1.807) is 0 Å². The minimum absolute atomic E-state index is 0.109. The van der Waals surface area contributed by atoms with Crippen LogP contribution < -0.4 is 4.74 Å². The van der Waals surface area contributed by atoms with Gasteiger partial charge in [-0.2, -0.15) is 0 Å². The molecule has 0 radical (unpaired) electrons. The second-order valence-electron chi connectivity index (χ2n) is 6.04. The van der Waals surface area contributed by atoms with Gasteiger partial charge in [0.05, 0.1) is 5.92 Å². The van der Waals surface area contributed by atoms with Crippen molar-refractivity contribution in [1.29, 1.82) is 0 Å². The van der Waals surface area contributed by atoms with E-state index in [1.165, 1.54) is 0 Å². The highest BCUT2D eigenvalue weighted by Gasteiger charge is 2.32. The molecular formula is C17H21NO3. The van der Waals surface area contributed by atoms with E-state index in [0.29, 0.717) is 25.2 Å². The third-order valence-electron chi connectivity index (χ3n) is 4.64. The molecule has 1 fully saturated rings. The van der Waals surface area contributed by atoms with E-state index < -0.39 is 0 Å². The fourth-order valence-corrected chi connectivity index (χ4v) is 3.27. The van der Waals surface area contributed by atoms with Gasteiger partial charge >= 0.3 is 0 Å². The first-order chi connectivity index (χ1) is 10.1. The number of ketones is 1. The summed E-state index contributed by atoms with van der Waals surface area (Å²) in [5.41, 5.74) is 1.11. The molecule has 3 rings (SSSR count). The molecule has 1 heterocycles. The number of carbonyl (C=O) groups is 2. The van der Waals surface area contributed by atoms with E-state index in [0.717, 1.165) is 30.6 Å². The van der Waals surface area contributed by atoms with E-state index in [-0.39, 0.29) is 17.9 Å². The van der Waals surface area contributed by atoms with Gasteiger partial charge in [0.2, 0.25) is 5.91 Å². The van der Waals surface area contributed by atoms with Gasteiger partial charge in [0, 0.05) is 25.9 Å². The number of para-hydroxylation sites is 1. The van der Waals surface area contributed by atoms with Gasteiger partial charge in [0.15, 0.2) is 0 Å². The quantitative estimate of drug-likeness (QED) is 0.838. The predicted molar refractivity (Wildman–Crippen MR) is 79.2 cm³/mol. The zero-order valence-electron chi connectivity index (χ0n) is 12.4. The molecule has 0 saturated heterocycles. The number of ether oxygens (including phenoxy) is 1. The van der Waals surface area contributed by atoms with Crippen molar-refractivity contribution in [3.8, 4) is 5.75 Å². The Balaban J connectivity index is 1.64. The number of amides is 1. The lowest BCUT2D eigenvalue weighted by molar-refractivity contribution is -0.139. The van der Waals surface area contributed by atoms with Crippen LogP contribution in [0.3, 0.4) is 0 Å². The molecule has 0 bridgehead atoms. The zero-order valence-corrected chi connectivity index (χ0v) is 12.4. The molecule has 1 unspecified atom stereocenters. The predicted octanol–water partition coefficient (Wildman–Crippen LogP) is 2.21. The van der Waals surface area contributed by atoms with Crippen molar-refractivity contribution in [1.82, 2.24) is 4.90 Å². The maximum absolute atomic E-state index is 12.6. The van der Waals surface area contributed by atoms with Gasteiger partial charge < -0.3 is 9.64 Å². The highest BCUT2D eigenvalue weighted by molar-refractivity contribution is 5.81. The van der Waals surface area contributed by atoms with Gasteiger partial charge in [0.25, 0.3) is 0 Å². The molecule has 1 atom stereocenters. The standard InChI is InChI=1S/C17H21NO3/c1-18(14-6-8-15(19)9-7-14)17(20)13-10-12-4-2-3-5-16(12)21-11-13/h2-5,13-14H,6-11H2,1H3. The molecule has 0 aromatic heterocycles. The van der Waals surface area contributed by atoms with Crippen LogP contribution in [0.15, 0.2) is 24.3 Å². The van der Waals surface area contributed by atoms with Crippen LogP contribution in [-0.2, 0) is 16.0 Å². The minimum atomic E-state index is -0.109. The van der Waals surface area contributed by atoms with Gasteiger partial charge in [0.1, 0.15) is 18.1 Å². The third-order valence-corrected chi connectivity index (χ3v) is 4.64. The first kappa shape index (κ1) is 14.1. The SMILES string of the molecule is CN(C(=O)C1COc2ccccc2C1)C1CCC(=O)CC1. The Hall–Kier alpha value is -1.84. The number of hydrogen-bond donors (Lipinski definition) is 0. The monoisotopic (exact) mass is 287 g/mol. The lowest BCUT2D eigenvalue weighted by atomic mass is 9.91. The molecule has 1 aromatic rings. The van der Waals surface area contributed by atoms with Crippen molar-refractivity contribution < 1.29 is 14.3 Å². The Labute approximate surface area is 125 Å². The highest BCUT2D eigenvalue weighted by atomic mass is 16.5. The van der Waals surface area contributed by atoms with Crippen LogP contribution in [0.25, 0.3) is 0 Å². The highest BCUT2D eigenvalue weighted by Crippen LogP contribution is 2.29. The number of carbonyl (C=O) groups excluding carboxylic acids is 2. The summed E-state index contributed by atoms with van der Waals surface area (Å²) in [5.74, 6) is 1.25. The van der Waals surface area contributed by atoms with Crippen molar-refractivity contribution in [3.63, 3.8) is 0 Å². The van der Waals surface area contributed by atoms with Crippen LogP contribution in [0.2, 0.25) is 0 Å². The fourth-order valence-electron chi connectivity index (χ4n) is 3.27. The number of benzene rings is 1. The summed E-state index contributed by atoms with van der Waals surface area (Å²) in [4.78, 5) is 25.8. The van der Waals surface area contributed by atoms with E-state index in [4.69, 9.17) is 4.74 Å². The second-order valence-corrected chi connectivity index (χ2v) is 6.04. The van der Waals surface area contributed by atoms with Crippen LogP contribution in [-0.4, -0.2) is 36.3 Å². The Morgan fingerprint density at radius 1 is 1.24 bits per heavy atom. The number of nitrogens with zero attached hydrogens (tertiary/aromatic N) is 1. The lowest BCUT2D eigenvalue weighted by Crippen LogP contribution is -2.45. The van der Waals surface area contributed by atoms with Crippen LogP contribution in [0.4, 0.5) is 0 Å². The van der Waals surface area contributed by atoms with Gasteiger partial charge in [-0.05, 0) is 30.9 Å². The summed E-state index contributed by atoms with van der Waals surface area (Å²) in [7, 11) is 1.86. The largest absolute Gasteiger partial charge is 0.492 e. The maximum Gasteiger partial charge on any atom is 0.229 e. The Kier molecular flexibility index (Phi) is 3.95. The summed E-state index contributed by atoms with van der Waals surface area (Å²) >= 11 is 0. The number of fused-ring (bicyclic) bond motifs is 1. The Bertz CT molecular complexity index is 545. The van der Waals surface area contributed by atoms with Crippen molar-refractivity contribution in [2.45, 2.75) is 38.1 Å². The zero-order chi connectivity index (χ0) is 14.8. The van der Waals surface area contributed by atoms with Crippen LogP contribution in [0.1, 0.15) is 31.2 Å². The molecule has 21 heavy (non-hydrogen) atoms. The summed E-state index contributed by atoms with van der Waals surface area (Å²) in [5, 5.41) is 0. The number of Topliss-reactive ketones (excluding diaryl/α,β-unsaturated/α-hetero) is 1. The number of hydrogen-bond acceptors (Lipinski definition) is 3. The smallest absolute Gasteiger partial charge is 0.229 e. The van der Waals surface area contributed by atoms with E-state index in [1.807, 2.05) is 36.2 Å². The first-order valence-electron chi connectivity index (χ1n) is 7.64. The van der Waals surface area contributed by atoms with Gasteiger partial charge in [-0.15, -0.1) is 0 Å². The molecule has 1 aliphatic carbocycles. The van der Waals surface area contributed by atoms with E-state index in [9.17, 15) is 9.59 Å². The molecule has 0 spiro atoms. The lowest BCUT2D eigenvalue weighted by Gasteiger charge is -2.34. The molecule has 1 aliphatic heterocycles. The number of rotatable bonds is 2. The summed E-state index contributed by atoms with van der Waals surface area (Å²) < 4.78 is 5.71. The molecule has 2 aliphatic rings. The molecule has 112 valence electrons. The average molecular weight is 287 g/mol. The van der Waals surface area contributed by atoms with Crippen molar-refractivity contribution >= 4 is 11.7 Å². The molecule has 1 amide bonds. The van der Waals surface area contributed by atoms with Crippen LogP contribution in [0, 0.1) is 5.92 Å². The average Bonchev–Trinajstić information content (AvgIpc) is 2.54. The minimum Gasteiger partial charge on any atom is -0.492 e. The summed E-state index contributed by atoms with van der Waals surface area (Å²) in [6.45, 7) is 0.450. The molecular weight excluding hydrogens is 266 g/mol. The third kappa shape index (κ3) is 2.94. The van der Waals surface area contributed by atoms with E-state index in [2.05, 4.69) is 0 Å². The Morgan fingerprint density at radius 2 is 1.95 bits per heavy atom. The normalized spacial score (nSPS) is 22.3. The molecule has 1 saturated carbocycles. The fraction of sp³-hybridized carbons (Fsp3) is 0.529. The second kappa shape index (κ2) is 5.88.